The van der Waals surface area contributed by atoms with Crippen LogP contribution in [-0.4, -0.2) is 29.5 Å². The van der Waals surface area contributed by atoms with Crippen molar-refractivity contribution in [3.8, 4) is 0 Å². The summed E-state index contributed by atoms with van der Waals surface area (Å²) in [4.78, 5) is 12.6. The van der Waals surface area contributed by atoms with Gasteiger partial charge in [-0.25, -0.2) is 0 Å². The molecule has 0 unspecified atom stereocenters. The first-order chi connectivity index (χ1) is 7.79. The van der Waals surface area contributed by atoms with E-state index in [0.717, 1.165) is 10.6 Å². The molecule has 1 N–H and O–H groups in total. The van der Waals surface area contributed by atoms with Gasteiger partial charge in [-0.1, -0.05) is 18.2 Å². The van der Waals surface area contributed by atoms with Crippen molar-refractivity contribution in [1.29, 1.82) is 0 Å². The quantitative estimate of drug-likeness (QED) is 0.640. The maximum absolute atomic E-state index is 11.4. The van der Waals surface area contributed by atoms with Crippen LogP contribution in [0.25, 0.3) is 0 Å². The van der Waals surface area contributed by atoms with E-state index in [-0.39, 0.29) is 24.6 Å². The maximum atomic E-state index is 11.4. The van der Waals surface area contributed by atoms with E-state index < -0.39 is 0 Å². The first-order valence-corrected chi connectivity index (χ1v) is 6.27. The number of cyclic esters (lactones) is 1. The molecule has 2 atom stereocenters. The standard InChI is InChI=1S/C12H14O3S/c13-7-10-6-9(12(14)15-10)8-16-11-4-2-1-3-5-11/h1-5,9-10,13H,6-8H2/t9-,10+/m1/s1. The third kappa shape index (κ3) is 2.77. The lowest BCUT2D eigenvalue weighted by Crippen LogP contribution is -2.10. The zero-order valence-corrected chi connectivity index (χ0v) is 9.65. The maximum Gasteiger partial charge on any atom is 0.310 e. The van der Waals surface area contributed by atoms with Crippen LogP contribution in [0.15, 0.2) is 35.2 Å². The fraction of sp³-hybridized carbons (Fsp3) is 0.417. The van der Waals surface area contributed by atoms with E-state index in [0.29, 0.717) is 6.42 Å². The normalized spacial score (nSPS) is 24.4. The van der Waals surface area contributed by atoms with Crippen molar-refractivity contribution in [1.82, 2.24) is 0 Å². The molecule has 2 rings (SSSR count). The molecule has 0 aromatic heterocycles. The number of esters is 1. The van der Waals surface area contributed by atoms with Crippen molar-refractivity contribution < 1.29 is 14.6 Å². The van der Waals surface area contributed by atoms with Gasteiger partial charge in [-0.15, -0.1) is 11.8 Å². The predicted octanol–water partition coefficient (Wildman–Crippen LogP) is 1.70. The van der Waals surface area contributed by atoms with Gasteiger partial charge in [0.15, 0.2) is 0 Å². The summed E-state index contributed by atoms with van der Waals surface area (Å²) in [6.07, 6.45) is 0.337. The molecule has 1 heterocycles. The second-order valence-electron chi connectivity index (χ2n) is 3.80. The molecular weight excluding hydrogens is 224 g/mol. The van der Waals surface area contributed by atoms with Gasteiger partial charge in [0.1, 0.15) is 6.10 Å². The van der Waals surface area contributed by atoms with Crippen molar-refractivity contribution in [3.05, 3.63) is 30.3 Å². The van der Waals surface area contributed by atoms with Crippen LogP contribution in [0.2, 0.25) is 0 Å². The van der Waals surface area contributed by atoms with E-state index >= 15 is 0 Å². The van der Waals surface area contributed by atoms with Crippen LogP contribution in [-0.2, 0) is 9.53 Å². The smallest absolute Gasteiger partial charge is 0.310 e. The Morgan fingerprint density at radius 1 is 1.38 bits per heavy atom. The third-order valence-corrected chi connectivity index (χ3v) is 3.74. The lowest BCUT2D eigenvalue weighted by Gasteiger charge is -2.04. The zero-order valence-electron chi connectivity index (χ0n) is 8.83. The van der Waals surface area contributed by atoms with Crippen LogP contribution < -0.4 is 0 Å². The molecule has 1 fully saturated rings. The molecule has 1 aliphatic rings. The Kier molecular flexibility index (Phi) is 3.85. The SMILES string of the molecule is O=C1O[C@H](CO)C[C@@H]1CSc1ccccc1. The summed E-state index contributed by atoms with van der Waals surface area (Å²) >= 11 is 1.65. The number of aliphatic hydroxyl groups is 1. The fourth-order valence-electron chi connectivity index (χ4n) is 1.68. The first-order valence-electron chi connectivity index (χ1n) is 5.29. The Balaban J connectivity index is 1.85. The van der Waals surface area contributed by atoms with Gasteiger partial charge in [-0.3, -0.25) is 4.79 Å². The molecule has 86 valence electrons. The Morgan fingerprint density at radius 3 is 2.75 bits per heavy atom. The molecule has 1 saturated heterocycles. The molecule has 16 heavy (non-hydrogen) atoms. The topological polar surface area (TPSA) is 46.5 Å². The van der Waals surface area contributed by atoms with E-state index in [1.807, 2.05) is 30.3 Å². The van der Waals surface area contributed by atoms with Crippen molar-refractivity contribution in [2.45, 2.75) is 17.4 Å². The van der Waals surface area contributed by atoms with Crippen LogP contribution in [0.3, 0.4) is 0 Å². The second kappa shape index (κ2) is 5.37. The predicted molar refractivity (Wildman–Crippen MR) is 62.2 cm³/mol. The molecule has 4 heteroatoms. The number of rotatable bonds is 4. The van der Waals surface area contributed by atoms with Crippen LogP contribution in [0.5, 0.6) is 0 Å². The summed E-state index contributed by atoms with van der Waals surface area (Å²) in [5.41, 5.74) is 0. The van der Waals surface area contributed by atoms with Gasteiger partial charge in [0.2, 0.25) is 0 Å². The highest BCUT2D eigenvalue weighted by molar-refractivity contribution is 7.99. The Morgan fingerprint density at radius 2 is 2.12 bits per heavy atom. The Hall–Kier alpha value is -1.00. The number of carbonyl (C=O) groups excluding carboxylic acids is 1. The minimum absolute atomic E-state index is 0.0712. The fourth-order valence-corrected chi connectivity index (χ4v) is 2.70. The number of hydrogen-bond acceptors (Lipinski definition) is 4. The lowest BCUT2D eigenvalue weighted by atomic mass is 10.1. The molecule has 0 spiro atoms. The van der Waals surface area contributed by atoms with Gasteiger partial charge in [0.25, 0.3) is 0 Å². The van der Waals surface area contributed by atoms with Crippen LogP contribution in [0, 0.1) is 5.92 Å². The van der Waals surface area contributed by atoms with Gasteiger partial charge in [0, 0.05) is 17.1 Å². The van der Waals surface area contributed by atoms with E-state index in [4.69, 9.17) is 9.84 Å². The largest absolute Gasteiger partial charge is 0.460 e. The summed E-state index contributed by atoms with van der Waals surface area (Å²) in [5, 5.41) is 8.90. The lowest BCUT2D eigenvalue weighted by molar-refractivity contribution is -0.144. The molecular formula is C12H14O3S. The van der Waals surface area contributed by atoms with Gasteiger partial charge < -0.3 is 9.84 Å². The summed E-state index contributed by atoms with van der Waals surface area (Å²) < 4.78 is 5.01. The number of carbonyl (C=O) groups is 1. The molecule has 0 aliphatic carbocycles. The van der Waals surface area contributed by atoms with Gasteiger partial charge in [-0.2, -0.15) is 0 Å². The molecule has 1 aromatic rings. The highest BCUT2D eigenvalue weighted by Gasteiger charge is 2.33. The first kappa shape index (κ1) is 11.5. The number of hydrogen-bond donors (Lipinski definition) is 1. The Bertz CT molecular complexity index is 353. The van der Waals surface area contributed by atoms with Gasteiger partial charge in [0.05, 0.1) is 12.5 Å². The average molecular weight is 238 g/mol. The summed E-state index contributed by atoms with van der Waals surface area (Å²) in [5.74, 6) is 0.462. The molecule has 1 aromatic carbocycles. The summed E-state index contributed by atoms with van der Waals surface area (Å²) in [6, 6.07) is 9.97. The van der Waals surface area contributed by atoms with E-state index in [2.05, 4.69) is 0 Å². The Labute approximate surface area is 98.8 Å². The van der Waals surface area contributed by atoms with Crippen LogP contribution >= 0.6 is 11.8 Å². The number of benzene rings is 1. The molecule has 3 nitrogen and oxygen atoms in total. The number of aliphatic hydroxyl groups excluding tert-OH is 1. The average Bonchev–Trinajstić information content (AvgIpc) is 2.69. The molecule has 0 radical (unpaired) electrons. The number of ether oxygens (including phenoxy) is 1. The second-order valence-corrected chi connectivity index (χ2v) is 4.89. The highest BCUT2D eigenvalue weighted by Crippen LogP contribution is 2.28. The molecule has 0 amide bonds. The van der Waals surface area contributed by atoms with Gasteiger partial charge >= 0.3 is 5.97 Å². The van der Waals surface area contributed by atoms with Crippen LogP contribution in [0.1, 0.15) is 6.42 Å². The third-order valence-electron chi connectivity index (χ3n) is 2.56. The highest BCUT2D eigenvalue weighted by atomic mass is 32.2. The number of thioether (sulfide) groups is 1. The summed E-state index contributed by atoms with van der Waals surface area (Å²) in [7, 11) is 0. The van der Waals surface area contributed by atoms with Crippen LogP contribution in [0.4, 0.5) is 0 Å². The molecule has 1 aliphatic heterocycles. The van der Waals surface area contributed by atoms with E-state index in [9.17, 15) is 4.79 Å². The molecule has 0 bridgehead atoms. The van der Waals surface area contributed by atoms with Gasteiger partial charge in [-0.05, 0) is 12.1 Å². The summed E-state index contributed by atoms with van der Waals surface area (Å²) in [6.45, 7) is -0.0712. The minimum Gasteiger partial charge on any atom is -0.460 e. The monoisotopic (exact) mass is 238 g/mol. The zero-order chi connectivity index (χ0) is 11.4. The minimum atomic E-state index is -0.297. The van der Waals surface area contributed by atoms with E-state index in [1.54, 1.807) is 11.8 Å². The van der Waals surface area contributed by atoms with Crippen molar-refractivity contribution in [2.24, 2.45) is 5.92 Å². The van der Waals surface area contributed by atoms with Crippen molar-refractivity contribution in [3.63, 3.8) is 0 Å². The van der Waals surface area contributed by atoms with Crippen molar-refractivity contribution in [2.75, 3.05) is 12.4 Å². The van der Waals surface area contributed by atoms with Crippen molar-refractivity contribution >= 4 is 17.7 Å². The van der Waals surface area contributed by atoms with E-state index in [1.165, 1.54) is 0 Å². The molecule has 0 saturated carbocycles.